The number of ether oxygens (including phenoxy) is 1. The second-order valence-corrected chi connectivity index (χ2v) is 2.27. The predicted octanol–water partition coefficient (Wildman–Crippen LogP) is 0.642. The van der Waals surface area contributed by atoms with Gasteiger partial charge in [0, 0.05) is 6.08 Å². The Morgan fingerprint density at radius 3 is 2.90 bits per heavy atom. The van der Waals surface area contributed by atoms with Gasteiger partial charge in [-0.25, -0.2) is 0 Å². The Morgan fingerprint density at radius 2 is 2.40 bits per heavy atom. The van der Waals surface area contributed by atoms with Crippen LogP contribution in [0.25, 0.3) is 0 Å². The highest BCUT2D eigenvalue weighted by atomic mass is 31.2. The fraction of sp³-hybridized carbons (Fsp3) is 0.200. The highest BCUT2D eigenvalue weighted by Gasteiger charge is 2.04. The topological polar surface area (TPSA) is 58.9 Å². The summed E-state index contributed by atoms with van der Waals surface area (Å²) in [5.41, 5.74) is 0. The first-order valence-corrected chi connectivity index (χ1v) is 3.80. The van der Waals surface area contributed by atoms with Gasteiger partial charge < -0.3 is 19.0 Å². The molecular formula is C5H7O4P. The van der Waals surface area contributed by atoms with Gasteiger partial charge in [-0.1, -0.05) is 0 Å². The summed E-state index contributed by atoms with van der Waals surface area (Å²) in [4.78, 5) is 16.8. The highest BCUT2D eigenvalue weighted by molar-refractivity contribution is 7.39. The van der Waals surface area contributed by atoms with Crippen LogP contribution in [-0.4, -0.2) is 16.4 Å². The van der Waals surface area contributed by atoms with Gasteiger partial charge in [-0.05, 0) is 6.08 Å². The predicted molar refractivity (Wildman–Crippen MR) is 35.6 cm³/mol. The fourth-order valence-electron chi connectivity index (χ4n) is 0.531. The van der Waals surface area contributed by atoms with E-state index in [2.05, 4.69) is 4.52 Å². The van der Waals surface area contributed by atoms with E-state index in [1.54, 1.807) is 6.08 Å². The van der Waals surface area contributed by atoms with Crippen molar-refractivity contribution in [3.8, 4) is 0 Å². The molecule has 56 valence electrons. The van der Waals surface area contributed by atoms with Crippen LogP contribution in [0.15, 0.2) is 24.2 Å². The average Bonchev–Trinajstić information content (AvgIpc) is 1.88. The molecular weight excluding hydrogens is 155 g/mol. The van der Waals surface area contributed by atoms with Crippen molar-refractivity contribution >= 4 is 8.60 Å². The van der Waals surface area contributed by atoms with E-state index < -0.39 is 8.60 Å². The van der Waals surface area contributed by atoms with Crippen LogP contribution in [0, 0.1) is 0 Å². The van der Waals surface area contributed by atoms with Gasteiger partial charge in [0.1, 0.15) is 12.4 Å². The molecule has 0 aromatic heterocycles. The Hall–Kier alpha value is -0.570. The van der Waals surface area contributed by atoms with Crippen molar-refractivity contribution in [2.75, 3.05) is 6.61 Å². The van der Waals surface area contributed by atoms with Gasteiger partial charge in [-0.2, -0.15) is 0 Å². The van der Waals surface area contributed by atoms with Crippen LogP contribution in [-0.2, 0) is 9.26 Å². The molecule has 0 bridgehead atoms. The zero-order chi connectivity index (χ0) is 7.40. The van der Waals surface area contributed by atoms with Crippen molar-refractivity contribution in [3.05, 3.63) is 24.2 Å². The molecule has 4 nitrogen and oxygen atoms in total. The molecule has 1 heterocycles. The summed E-state index contributed by atoms with van der Waals surface area (Å²) in [5.74, 6) is 0.433. The van der Waals surface area contributed by atoms with Crippen LogP contribution in [0.1, 0.15) is 0 Å². The molecule has 0 radical (unpaired) electrons. The molecule has 0 saturated heterocycles. The first-order valence-electron chi connectivity index (χ1n) is 2.63. The van der Waals surface area contributed by atoms with Crippen LogP contribution >= 0.6 is 8.60 Å². The third-order valence-corrected chi connectivity index (χ3v) is 1.27. The van der Waals surface area contributed by atoms with E-state index in [0.29, 0.717) is 12.4 Å². The summed E-state index contributed by atoms with van der Waals surface area (Å²) >= 11 is 0. The Kier molecular flexibility index (Phi) is 2.68. The minimum absolute atomic E-state index is 0.412. The normalized spacial score (nSPS) is 16.5. The maximum Gasteiger partial charge on any atom is 0.391 e. The quantitative estimate of drug-likeness (QED) is 0.585. The van der Waals surface area contributed by atoms with Crippen LogP contribution in [0.5, 0.6) is 0 Å². The zero-order valence-electron chi connectivity index (χ0n) is 5.10. The molecule has 0 aromatic rings. The third kappa shape index (κ3) is 2.35. The maximum absolute atomic E-state index is 8.39. The van der Waals surface area contributed by atoms with Gasteiger partial charge in [-0.3, -0.25) is 0 Å². The van der Waals surface area contributed by atoms with Gasteiger partial charge in [-0.15, -0.1) is 0 Å². The smallest absolute Gasteiger partial charge is 0.391 e. The first kappa shape index (κ1) is 7.54. The maximum atomic E-state index is 8.39. The monoisotopic (exact) mass is 162 g/mol. The van der Waals surface area contributed by atoms with Crippen molar-refractivity contribution in [2.45, 2.75) is 0 Å². The summed E-state index contributed by atoms with van der Waals surface area (Å²) < 4.78 is 9.35. The molecule has 5 heteroatoms. The molecule has 0 saturated carbocycles. The second-order valence-electron chi connectivity index (χ2n) is 1.59. The average molecular weight is 162 g/mol. The Labute approximate surface area is 59.4 Å². The van der Waals surface area contributed by atoms with E-state index in [1.165, 1.54) is 12.3 Å². The molecule has 0 spiro atoms. The van der Waals surface area contributed by atoms with Crippen LogP contribution in [0.3, 0.4) is 0 Å². The lowest BCUT2D eigenvalue weighted by Gasteiger charge is -2.08. The highest BCUT2D eigenvalue weighted by Crippen LogP contribution is 2.29. The number of hydrogen-bond acceptors (Lipinski definition) is 4. The van der Waals surface area contributed by atoms with Gasteiger partial charge in [0.25, 0.3) is 0 Å². The first-order chi connectivity index (χ1) is 4.79. The number of hydrogen-bond donors (Lipinski definition) is 2. The molecule has 0 atom stereocenters. The number of allylic oxidation sites excluding steroid dienone is 1. The van der Waals surface area contributed by atoms with Crippen molar-refractivity contribution in [3.63, 3.8) is 0 Å². The molecule has 0 unspecified atom stereocenters. The van der Waals surface area contributed by atoms with Gasteiger partial charge in [0.05, 0.1) is 6.26 Å². The molecule has 1 aliphatic rings. The van der Waals surface area contributed by atoms with E-state index in [4.69, 9.17) is 14.5 Å². The largest absolute Gasteiger partial charge is 0.497 e. The lowest BCUT2D eigenvalue weighted by atomic mass is 10.4. The number of rotatable bonds is 2. The summed E-state index contributed by atoms with van der Waals surface area (Å²) in [6.07, 6.45) is 4.57. The van der Waals surface area contributed by atoms with Crippen molar-refractivity contribution in [2.24, 2.45) is 0 Å². The van der Waals surface area contributed by atoms with Gasteiger partial charge >= 0.3 is 8.60 Å². The van der Waals surface area contributed by atoms with Crippen LogP contribution in [0.4, 0.5) is 0 Å². The Morgan fingerprint density at radius 1 is 1.60 bits per heavy atom. The molecule has 2 N–H and O–H groups in total. The van der Waals surface area contributed by atoms with E-state index >= 15 is 0 Å². The van der Waals surface area contributed by atoms with E-state index in [0.717, 1.165) is 0 Å². The molecule has 0 aliphatic carbocycles. The molecule has 0 aromatic carbocycles. The summed E-state index contributed by atoms with van der Waals surface area (Å²) in [7, 11) is -2.30. The van der Waals surface area contributed by atoms with Crippen molar-refractivity contribution in [1.82, 2.24) is 0 Å². The molecule has 0 amide bonds. The minimum Gasteiger partial charge on any atom is -0.497 e. The second kappa shape index (κ2) is 3.56. The van der Waals surface area contributed by atoms with E-state index in [1.807, 2.05) is 0 Å². The Balaban J connectivity index is 2.40. The van der Waals surface area contributed by atoms with Gasteiger partial charge in [0.2, 0.25) is 0 Å². The van der Waals surface area contributed by atoms with Crippen molar-refractivity contribution in [1.29, 1.82) is 0 Å². The minimum atomic E-state index is -2.30. The lowest BCUT2D eigenvalue weighted by Crippen LogP contribution is -1.93. The standard InChI is InChI=1S/C5H7O4P/c6-10(7)9-5-1-3-8-4-2-5/h1-3,6-7H,4H2. The molecule has 0 fully saturated rings. The SMILES string of the molecule is OP(O)OC1=CCOC=C1. The summed E-state index contributed by atoms with van der Waals surface area (Å²) in [5, 5.41) is 0. The zero-order valence-corrected chi connectivity index (χ0v) is 5.99. The van der Waals surface area contributed by atoms with Crippen molar-refractivity contribution < 1.29 is 19.0 Å². The van der Waals surface area contributed by atoms with Gasteiger partial charge in [0.15, 0.2) is 0 Å². The lowest BCUT2D eigenvalue weighted by molar-refractivity contribution is 0.265. The fourth-order valence-corrected chi connectivity index (χ4v) is 0.855. The summed E-state index contributed by atoms with van der Waals surface area (Å²) in [6, 6.07) is 0. The molecule has 1 aliphatic heterocycles. The van der Waals surface area contributed by atoms with Crippen LogP contribution in [0.2, 0.25) is 0 Å². The molecule has 1 rings (SSSR count). The van der Waals surface area contributed by atoms with Crippen LogP contribution < -0.4 is 0 Å². The third-order valence-electron chi connectivity index (χ3n) is 0.896. The molecule has 10 heavy (non-hydrogen) atoms. The van der Waals surface area contributed by atoms with E-state index in [9.17, 15) is 0 Å². The summed E-state index contributed by atoms with van der Waals surface area (Å²) in [6.45, 7) is 0.412. The Bertz CT molecular complexity index is 163. The van der Waals surface area contributed by atoms with E-state index in [-0.39, 0.29) is 0 Å².